The molecular formula is C10H9FO2. The maximum Gasteiger partial charge on any atom is 0.149 e. The largest absolute Gasteiger partial charge is 0.481 e. The number of ether oxygens (including phenoxy) is 1. The highest BCUT2D eigenvalue weighted by Gasteiger charge is 1.91. The zero-order valence-corrected chi connectivity index (χ0v) is 6.96. The average molecular weight is 180 g/mol. The van der Waals surface area contributed by atoms with E-state index in [0.29, 0.717) is 5.75 Å². The molecule has 0 saturated carbocycles. The third kappa shape index (κ3) is 3.59. The van der Waals surface area contributed by atoms with E-state index in [-0.39, 0.29) is 19.0 Å². The van der Waals surface area contributed by atoms with Crippen LogP contribution in [-0.2, 0) is 0 Å². The molecule has 13 heavy (non-hydrogen) atoms. The minimum Gasteiger partial charge on any atom is -0.481 e. The summed E-state index contributed by atoms with van der Waals surface area (Å²) in [6.07, 6.45) is 0. The van der Waals surface area contributed by atoms with Crippen molar-refractivity contribution in [1.29, 1.82) is 0 Å². The predicted molar refractivity (Wildman–Crippen MR) is 46.8 cm³/mol. The smallest absolute Gasteiger partial charge is 0.149 e. The molecule has 0 atom stereocenters. The van der Waals surface area contributed by atoms with Gasteiger partial charge in [0.1, 0.15) is 24.8 Å². The molecule has 0 bridgehead atoms. The lowest BCUT2D eigenvalue weighted by molar-refractivity contribution is 0.347. The van der Waals surface area contributed by atoms with Crippen molar-refractivity contribution < 1.29 is 14.2 Å². The molecule has 0 radical (unpaired) electrons. The molecule has 0 aliphatic rings. The Bertz CT molecular complexity index is 308. The Kier molecular flexibility index (Phi) is 3.80. The maximum atomic E-state index is 12.4. The fourth-order valence-electron chi connectivity index (χ4n) is 0.757. The van der Waals surface area contributed by atoms with Crippen LogP contribution in [-0.4, -0.2) is 18.3 Å². The van der Waals surface area contributed by atoms with Crippen LogP contribution in [0.25, 0.3) is 0 Å². The average Bonchev–Trinajstić information content (AvgIpc) is 2.15. The lowest BCUT2D eigenvalue weighted by Gasteiger charge is -1.99. The summed E-state index contributed by atoms with van der Waals surface area (Å²) in [5.41, 5.74) is 0. The van der Waals surface area contributed by atoms with Gasteiger partial charge in [0.25, 0.3) is 0 Å². The van der Waals surface area contributed by atoms with Crippen LogP contribution in [0.1, 0.15) is 0 Å². The van der Waals surface area contributed by atoms with Crippen molar-refractivity contribution in [1.82, 2.24) is 0 Å². The van der Waals surface area contributed by atoms with Crippen LogP contribution in [0.15, 0.2) is 24.3 Å². The van der Waals surface area contributed by atoms with E-state index in [0.717, 1.165) is 0 Å². The third-order valence-electron chi connectivity index (χ3n) is 1.33. The standard InChI is InChI=1S/C10H9FO2/c11-9-3-5-10(6-4-9)13-8-2-1-7-12/h3-6,12H,7-8H2. The summed E-state index contributed by atoms with van der Waals surface area (Å²) < 4.78 is 17.5. The third-order valence-corrected chi connectivity index (χ3v) is 1.33. The molecule has 1 aromatic rings. The minimum absolute atomic E-state index is 0.174. The molecule has 0 amide bonds. The number of rotatable bonds is 2. The van der Waals surface area contributed by atoms with Gasteiger partial charge in [-0.3, -0.25) is 0 Å². The highest BCUT2D eigenvalue weighted by molar-refractivity contribution is 5.22. The van der Waals surface area contributed by atoms with Crippen molar-refractivity contribution in [3.05, 3.63) is 30.1 Å². The molecule has 0 spiro atoms. The van der Waals surface area contributed by atoms with Gasteiger partial charge in [0.15, 0.2) is 0 Å². The van der Waals surface area contributed by atoms with Gasteiger partial charge in [-0.25, -0.2) is 4.39 Å². The first-order valence-corrected chi connectivity index (χ1v) is 3.78. The Balaban J connectivity index is 2.41. The number of benzene rings is 1. The minimum atomic E-state index is -0.297. The molecule has 0 unspecified atom stereocenters. The van der Waals surface area contributed by atoms with Crippen molar-refractivity contribution in [2.24, 2.45) is 0 Å². The highest BCUT2D eigenvalue weighted by Crippen LogP contribution is 2.10. The fourth-order valence-corrected chi connectivity index (χ4v) is 0.757. The normalized spacial score (nSPS) is 8.77. The summed E-state index contributed by atoms with van der Waals surface area (Å²) >= 11 is 0. The van der Waals surface area contributed by atoms with Crippen molar-refractivity contribution in [3.8, 4) is 17.6 Å². The molecule has 1 N–H and O–H groups in total. The molecule has 68 valence electrons. The molecule has 0 aromatic heterocycles. The van der Waals surface area contributed by atoms with Gasteiger partial charge in [-0.05, 0) is 24.3 Å². The van der Waals surface area contributed by atoms with Crippen LogP contribution in [0.3, 0.4) is 0 Å². The zero-order valence-electron chi connectivity index (χ0n) is 6.96. The summed E-state index contributed by atoms with van der Waals surface area (Å²) in [6.45, 7) is 0.0268. The second-order valence-corrected chi connectivity index (χ2v) is 2.25. The lowest BCUT2D eigenvalue weighted by Crippen LogP contribution is -1.93. The van der Waals surface area contributed by atoms with Crippen molar-refractivity contribution in [2.75, 3.05) is 13.2 Å². The molecule has 2 nitrogen and oxygen atoms in total. The maximum absolute atomic E-state index is 12.4. The first kappa shape index (κ1) is 9.56. The van der Waals surface area contributed by atoms with Gasteiger partial charge >= 0.3 is 0 Å². The van der Waals surface area contributed by atoms with Crippen LogP contribution >= 0.6 is 0 Å². The number of aliphatic hydroxyl groups is 1. The van der Waals surface area contributed by atoms with E-state index >= 15 is 0 Å². The van der Waals surface area contributed by atoms with Crippen molar-refractivity contribution in [2.45, 2.75) is 0 Å². The van der Waals surface area contributed by atoms with Gasteiger partial charge < -0.3 is 9.84 Å². The van der Waals surface area contributed by atoms with E-state index in [2.05, 4.69) is 11.8 Å². The fraction of sp³-hybridized carbons (Fsp3) is 0.200. The second-order valence-electron chi connectivity index (χ2n) is 2.25. The van der Waals surface area contributed by atoms with E-state index < -0.39 is 0 Å². The zero-order chi connectivity index (χ0) is 9.52. The molecule has 1 rings (SSSR count). The number of hydrogen-bond acceptors (Lipinski definition) is 2. The first-order valence-electron chi connectivity index (χ1n) is 3.78. The Morgan fingerprint density at radius 1 is 1.23 bits per heavy atom. The molecule has 0 heterocycles. The Hall–Kier alpha value is -1.53. The molecule has 1 aromatic carbocycles. The Morgan fingerprint density at radius 2 is 1.92 bits per heavy atom. The van der Waals surface area contributed by atoms with Gasteiger partial charge in [-0.15, -0.1) is 0 Å². The van der Waals surface area contributed by atoms with Gasteiger partial charge in [0.2, 0.25) is 0 Å². The van der Waals surface area contributed by atoms with E-state index in [1.165, 1.54) is 24.3 Å². The predicted octanol–water partition coefficient (Wildman–Crippen LogP) is 1.20. The van der Waals surface area contributed by atoms with E-state index in [1.54, 1.807) is 0 Å². The summed E-state index contributed by atoms with van der Waals surface area (Å²) in [5.74, 6) is 5.28. The van der Waals surface area contributed by atoms with E-state index in [9.17, 15) is 4.39 Å². The Morgan fingerprint density at radius 3 is 2.54 bits per heavy atom. The second kappa shape index (κ2) is 5.18. The molecule has 0 saturated heterocycles. The summed E-state index contributed by atoms with van der Waals surface area (Å²) in [7, 11) is 0. The van der Waals surface area contributed by atoms with Crippen LogP contribution in [0.5, 0.6) is 5.75 Å². The monoisotopic (exact) mass is 180 g/mol. The summed E-state index contributed by atoms with van der Waals surface area (Å²) in [6, 6.07) is 5.68. The lowest BCUT2D eigenvalue weighted by atomic mass is 10.3. The summed E-state index contributed by atoms with van der Waals surface area (Å²) in [5, 5.41) is 8.32. The van der Waals surface area contributed by atoms with Crippen LogP contribution in [0.2, 0.25) is 0 Å². The molecule has 0 aliphatic heterocycles. The molecular weight excluding hydrogens is 171 g/mol. The highest BCUT2D eigenvalue weighted by atomic mass is 19.1. The molecule has 3 heteroatoms. The van der Waals surface area contributed by atoms with Gasteiger partial charge in [0.05, 0.1) is 0 Å². The SMILES string of the molecule is OCC#CCOc1ccc(F)cc1. The molecule has 0 fully saturated rings. The van der Waals surface area contributed by atoms with Crippen molar-refractivity contribution in [3.63, 3.8) is 0 Å². The number of aliphatic hydroxyl groups excluding tert-OH is 1. The van der Waals surface area contributed by atoms with Crippen LogP contribution in [0, 0.1) is 17.7 Å². The van der Waals surface area contributed by atoms with Gasteiger partial charge in [0, 0.05) is 0 Å². The Labute approximate surface area is 76.0 Å². The van der Waals surface area contributed by atoms with Crippen LogP contribution < -0.4 is 4.74 Å². The first-order chi connectivity index (χ1) is 6.33. The summed E-state index contributed by atoms with van der Waals surface area (Å²) in [4.78, 5) is 0. The topological polar surface area (TPSA) is 29.5 Å². The van der Waals surface area contributed by atoms with E-state index in [1.807, 2.05) is 0 Å². The van der Waals surface area contributed by atoms with Crippen LogP contribution in [0.4, 0.5) is 4.39 Å². The number of halogens is 1. The number of hydrogen-bond donors (Lipinski definition) is 1. The van der Waals surface area contributed by atoms with E-state index in [4.69, 9.17) is 9.84 Å². The molecule has 0 aliphatic carbocycles. The quantitative estimate of drug-likeness (QED) is 0.693. The van der Waals surface area contributed by atoms with Gasteiger partial charge in [-0.1, -0.05) is 11.8 Å². The van der Waals surface area contributed by atoms with Gasteiger partial charge in [-0.2, -0.15) is 0 Å². The van der Waals surface area contributed by atoms with Crippen molar-refractivity contribution >= 4 is 0 Å².